The van der Waals surface area contributed by atoms with Crippen LogP contribution in [0, 0.1) is 0 Å². The average Bonchev–Trinajstić information content (AvgIpc) is 2.96. The molecule has 3 rings (SSSR count). The van der Waals surface area contributed by atoms with Crippen LogP contribution in [0.25, 0.3) is 5.65 Å². The zero-order chi connectivity index (χ0) is 11.0. The van der Waals surface area contributed by atoms with Crippen LogP contribution in [0.4, 0.5) is 0 Å². The van der Waals surface area contributed by atoms with Crippen molar-refractivity contribution in [3.05, 3.63) is 29.7 Å². The zero-order valence-electron chi connectivity index (χ0n) is 8.76. The molecule has 5 heteroatoms. The lowest BCUT2D eigenvalue weighted by Crippen LogP contribution is -2.10. The van der Waals surface area contributed by atoms with Crippen LogP contribution in [0.2, 0.25) is 0 Å². The Kier molecular flexibility index (Phi) is 2.18. The summed E-state index contributed by atoms with van der Waals surface area (Å²) in [5.41, 5.74) is 1.38. The maximum atomic E-state index is 10.6. The van der Waals surface area contributed by atoms with Crippen molar-refractivity contribution >= 4 is 11.9 Å². The third-order valence-electron chi connectivity index (χ3n) is 3.02. The number of pyridine rings is 1. The molecule has 1 saturated heterocycles. The van der Waals surface area contributed by atoms with Gasteiger partial charge in [-0.25, -0.2) is 0 Å². The van der Waals surface area contributed by atoms with Gasteiger partial charge in [0, 0.05) is 24.2 Å². The number of carbonyl (C=O) groups excluding carboxylic acids is 1. The molecule has 1 aliphatic heterocycles. The molecular formula is C11H12N4O. The van der Waals surface area contributed by atoms with Gasteiger partial charge in [-0.2, -0.15) is 0 Å². The molecule has 16 heavy (non-hydrogen) atoms. The van der Waals surface area contributed by atoms with E-state index in [2.05, 4.69) is 15.5 Å². The average molecular weight is 216 g/mol. The van der Waals surface area contributed by atoms with Crippen LogP contribution in [0.3, 0.4) is 0 Å². The topological polar surface area (TPSA) is 59.3 Å². The Bertz CT molecular complexity index is 528. The summed E-state index contributed by atoms with van der Waals surface area (Å²) >= 11 is 0. The van der Waals surface area contributed by atoms with Gasteiger partial charge in [0.2, 0.25) is 0 Å². The molecule has 1 unspecified atom stereocenters. The molecule has 1 N–H and O–H groups in total. The summed E-state index contributed by atoms with van der Waals surface area (Å²) in [4.78, 5) is 10.6. The predicted octanol–water partition coefficient (Wildman–Crippen LogP) is 0.619. The van der Waals surface area contributed by atoms with E-state index in [4.69, 9.17) is 0 Å². The number of hydrogen-bond donors (Lipinski definition) is 1. The minimum absolute atomic E-state index is 0.428. The number of rotatable bonds is 2. The van der Waals surface area contributed by atoms with Crippen molar-refractivity contribution in [1.29, 1.82) is 0 Å². The van der Waals surface area contributed by atoms with E-state index in [9.17, 15) is 4.79 Å². The number of nitrogens with zero attached hydrogens (tertiary/aromatic N) is 3. The third-order valence-corrected chi connectivity index (χ3v) is 3.02. The molecule has 82 valence electrons. The van der Waals surface area contributed by atoms with Crippen molar-refractivity contribution < 1.29 is 4.79 Å². The molecule has 0 aliphatic carbocycles. The summed E-state index contributed by atoms with van der Waals surface area (Å²) in [6.07, 6.45) is 3.79. The van der Waals surface area contributed by atoms with E-state index >= 15 is 0 Å². The van der Waals surface area contributed by atoms with Crippen LogP contribution in [0.1, 0.15) is 28.5 Å². The number of nitrogens with one attached hydrogen (secondary N) is 1. The van der Waals surface area contributed by atoms with Crippen LogP contribution in [-0.4, -0.2) is 34.0 Å². The van der Waals surface area contributed by atoms with Crippen LogP contribution >= 0.6 is 0 Å². The van der Waals surface area contributed by atoms with Gasteiger partial charge < -0.3 is 5.32 Å². The lowest BCUT2D eigenvalue weighted by molar-refractivity contribution is 0.112. The van der Waals surface area contributed by atoms with Crippen molar-refractivity contribution in [3.8, 4) is 0 Å². The fourth-order valence-corrected chi connectivity index (χ4v) is 2.15. The Hall–Kier alpha value is -1.75. The van der Waals surface area contributed by atoms with Gasteiger partial charge in [-0.1, -0.05) is 0 Å². The number of hydrogen-bond acceptors (Lipinski definition) is 4. The zero-order valence-corrected chi connectivity index (χ0v) is 8.76. The van der Waals surface area contributed by atoms with Crippen LogP contribution in [0.5, 0.6) is 0 Å². The van der Waals surface area contributed by atoms with Gasteiger partial charge in [-0.05, 0) is 25.1 Å². The SMILES string of the molecule is O=Cc1ccn2c(C3CCNC3)nnc2c1. The molecule has 1 atom stereocenters. The molecular weight excluding hydrogens is 204 g/mol. The van der Waals surface area contributed by atoms with Gasteiger partial charge in [0.25, 0.3) is 0 Å². The second-order valence-electron chi connectivity index (χ2n) is 4.05. The number of aldehydes is 1. The summed E-state index contributed by atoms with van der Waals surface area (Å²) in [6.45, 7) is 1.99. The van der Waals surface area contributed by atoms with Crippen LogP contribution < -0.4 is 5.32 Å². The van der Waals surface area contributed by atoms with Crippen molar-refractivity contribution in [2.24, 2.45) is 0 Å². The van der Waals surface area contributed by atoms with Crippen LogP contribution in [0.15, 0.2) is 18.3 Å². The second kappa shape index (κ2) is 3.68. The van der Waals surface area contributed by atoms with Crippen molar-refractivity contribution in [1.82, 2.24) is 19.9 Å². The highest BCUT2D eigenvalue weighted by molar-refractivity contribution is 5.76. The number of fused-ring (bicyclic) bond motifs is 1. The Morgan fingerprint density at radius 2 is 2.44 bits per heavy atom. The first-order valence-electron chi connectivity index (χ1n) is 5.39. The Morgan fingerprint density at radius 3 is 3.19 bits per heavy atom. The molecule has 0 amide bonds. The molecule has 0 aromatic carbocycles. The smallest absolute Gasteiger partial charge is 0.161 e. The van der Waals surface area contributed by atoms with Gasteiger partial charge in [-0.3, -0.25) is 9.20 Å². The molecule has 0 saturated carbocycles. The summed E-state index contributed by atoms with van der Waals surface area (Å²) < 4.78 is 1.96. The molecule has 5 nitrogen and oxygen atoms in total. The van der Waals surface area contributed by atoms with Gasteiger partial charge in [0.1, 0.15) is 12.1 Å². The summed E-state index contributed by atoms with van der Waals surface area (Å²) in [6, 6.07) is 3.54. The van der Waals surface area contributed by atoms with E-state index < -0.39 is 0 Å². The molecule has 3 heterocycles. The quantitative estimate of drug-likeness (QED) is 0.747. The summed E-state index contributed by atoms with van der Waals surface area (Å²) in [7, 11) is 0. The largest absolute Gasteiger partial charge is 0.316 e. The van der Waals surface area contributed by atoms with Crippen molar-refractivity contribution in [2.75, 3.05) is 13.1 Å². The van der Waals surface area contributed by atoms with Gasteiger partial charge in [0.15, 0.2) is 5.65 Å². The molecule has 2 aromatic rings. The monoisotopic (exact) mass is 216 g/mol. The third kappa shape index (κ3) is 1.40. The lowest BCUT2D eigenvalue weighted by atomic mass is 10.1. The maximum Gasteiger partial charge on any atom is 0.161 e. The maximum absolute atomic E-state index is 10.6. The lowest BCUT2D eigenvalue weighted by Gasteiger charge is -2.05. The fraction of sp³-hybridized carbons (Fsp3) is 0.364. The molecule has 1 aliphatic rings. The molecule has 1 fully saturated rings. The molecule has 0 spiro atoms. The van der Waals surface area contributed by atoms with E-state index in [-0.39, 0.29) is 0 Å². The highest BCUT2D eigenvalue weighted by Gasteiger charge is 2.21. The predicted molar refractivity (Wildman–Crippen MR) is 58.6 cm³/mol. The highest BCUT2D eigenvalue weighted by atomic mass is 16.1. The van der Waals surface area contributed by atoms with E-state index in [1.54, 1.807) is 12.1 Å². The number of carbonyl (C=O) groups is 1. The Balaban J connectivity index is 2.09. The minimum Gasteiger partial charge on any atom is -0.316 e. The highest BCUT2D eigenvalue weighted by Crippen LogP contribution is 2.21. The summed E-state index contributed by atoms with van der Waals surface area (Å²) in [5, 5.41) is 11.6. The second-order valence-corrected chi connectivity index (χ2v) is 4.05. The van der Waals surface area contributed by atoms with Gasteiger partial charge in [0.05, 0.1) is 0 Å². The van der Waals surface area contributed by atoms with E-state index in [0.29, 0.717) is 11.5 Å². The van der Waals surface area contributed by atoms with Gasteiger partial charge in [-0.15, -0.1) is 10.2 Å². The summed E-state index contributed by atoms with van der Waals surface area (Å²) in [5.74, 6) is 1.41. The van der Waals surface area contributed by atoms with Crippen molar-refractivity contribution in [3.63, 3.8) is 0 Å². The first-order chi connectivity index (χ1) is 7.88. The first kappa shape index (κ1) is 9.47. The molecule has 2 aromatic heterocycles. The van der Waals surface area contributed by atoms with E-state index in [0.717, 1.165) is 37.3 Å². The molecule has 0 bridgehead atoms. The minimum atomic E-state index is 0.428. The van der Waals surface area contributed by atoms with Crippen molar-refractivity contribution in [2.45, 2.75) is 12.3 Å². The first-order valence-corrected chi connectivity index (χ1v) is 5.39. The Morgan fingerprint density at radius 1 is 1.50 bits per heavy atom. The fourth-order valence-electron chi connectivity index (χ4n) is 2.15. The number of aromatic nitrogens is 3. The van der Waals surface area contributed by atoms with Crippen LogP contribution in [-0.2, 0) is 0 Å². The Labute approximate surface area is 92.5 Å². The van der Waals surface area contributed by atoms with E-state index in [1.165, 1.54) is 0 Å². The standard InChI is InChI=1S/C11H12N4O/c16-7-8-2-4-15-10(5-8)13-14-11(15)9-1-3-12-6-9/h2,4-5,7,9,12H,1,3,6H2. The van der Waals surface area contributed by atoms with Gasteiger partial charge >= 0.3 is 0 Å². The molecule has 0 radical (unpaired) electrons. The van der Waals surface area contributed by atoms with E-state index in [1.807, 2.05) is 10.6 Å². The normalized spacial score (nSPS) is 20.4.